The fraction of sp³-hybridized carbons (Fsp3) is 0.500. The molecular weight excluding hydrogens is 230 g/mol. The Morgan fingerprint density at radius 1 is 1.33 bits per heavy atom. The standard InChI is InChI=1S/C14H19NO3/c1-10-14(17)15-12-9-11(5-3-2-4-8-16)6-7-13(12)18-10/h6-7,9-10,16H,2-5,8H2,1H3,(H,15,17). The number of carbonyl (C=O) groups is 1. The summed E-state index contributed by atoms with van der Waals surface area (Å²) in [5.74, 6) is 0.640. The van der Waals surface area contributed by atoms with Gasteiger partial charge in [0.1, 0.15) is 5.75 Å². The highest BCUT2D eigenvalue weighted by Gasteiger charge is 2.23. The predicted octanol–water partition coefficient (Wildman–Crippen LogP) is 2.11. The molecule has 2 N–H and O–H groups in total. The molecule has 0 saturated carbocycles. The van der Waals surface area contributed by atoms with Crippen LogP contribution in [-0.4, -0.2) is 23.7 Å². The zero-order chi connectivity index (χ0) is 13.0. The minimum atomic E-state index is -0.423. The summed E-state index contributed by atoms with van der Waals surface area (Å²) in [6.07, 6.45) is 3.45. The third kappa shape index (κ3) is 3.01. The molecule has 1 aromatic rings. The second-order valence-electron chi connectivity index (χ2n) is 4.61. The van der Waals surface area contributed by atoms with Crippen molar-refractivity contribution in [3.8, 4) is 5.75 Å². The molecule has 4 nitrogen and oxygen atoms in total. The van der Waals surface area contributed by atoms with E-state index in [0.29, 0.717) is 0 Å². The van der Waals surface area contributed by atoms with Crippen molar-refractivity contribution >= 4 is 11.6 Å². The van der Waals surface area contributed by atoms with Gasteiger partial charge in [-0.15, -0.1) is 0 Å². The number of amides is 1. The molecule has 1 amide bonds. The maximum atomic E-state index is 11.5. The first-order valence-electron chi connectivity index (χ1n) is 6.42. The molecular formula is C14H19NO3. The van der Waals surface area contributed by atoms with Crippen LogP contribution in [0.4, 0.5) is 5.69 Å². The number of aliphatic hydroxyl groups is 1. The number of ether oxygens (including phenoxy) is 1. The lowest BCUT2D eigenvalue weighted by Gasteiger charge is -2.23. The lowest BCUT2D eigenvalue weighted by atomic mass is 10.1. The molecule has 2 rings (SSSR count). The van der Waals surface area contributed by atoms with E-state index in [9.17, 15) is 4.79 Å². The van der Waals surface area contributed by atoms with Crippen molar-refractivity contribution in [2.45, 2.75) is 38.7 Å². The monoisotopic (exact) mass is 249 g/mol. The summed E-state index contributed by atoms with van der Waals surface area (Å²) in [4.78, 5) is 11.5. The predicted molar refractivity (Wildman–Crippen MR) is 69.8 cm³/mol. The zero-order valence-electron chi connectivity index (χ0n) is 10.6. The van der Waals surface area contributed by atoms with Crippen molar-refractivity contribution in [1.29, 1.82) is 0 Å². The lowest BCUT2D eigenvalue weighted by Crippen LogP contribution is -2.34. The number of benzene rings is 1. The van der Waals surface area contributed by atoms with Crippen LogP contribution >= 0.6 is 0 Å². The number of hydrogen-bond acceptors (Lipinski definition) is 3. The molecule has 1 atom stereocenters. The Kier molecular flexibility index (Phi) is 4.20. The molecule has 1 heterocycles. The largest absolute Gasteiger partial charge is 0.479 e. The molecule has 1 aliphatic rings. The molecule has 0 saturated heterocycles. The summed E-state index contributed by atoms with van der Waals surface area (Å²) in [7, 11) is 0. The van der Waals surface area contributed by atoms with E-state index in [2.05, 4.69) is 5.32 Å². The van der Waals surface area contributed by atoms with Crippen molar-refractivity contribution in [3.05, 3.63) is 23.8 Å². The molecule has 1 unspecified atom stereocenters. The molecule has 0 fully saturated rings. The number of carbonyl (C=O) groups excluding carboxylic acids is 1. The average Bonchev–Trinajstić information content (AvgIpc) is 2.36. The van der Waals surface area contributed by atoms with Gasteiger partial charge in [-0.3, -0.25) is 4.79 Å². The number of aryl methyl sites for hydroxylation is 1. The normalized spacial score (nSPS) is 17.9. The van der Waals surface area contributed by atoms with E-state index in [1.807, 2.05) is 18.2 Å². The highest BCUT2D eigenvalue weighted by atomic mass is 16.5. The SMILES string of the molecule is CC1Oc2ccc(CCCCCO)cc2NC1=O. The molecule has 18 heavy (non-hydrogen) atoms. The summed E-state index contributed by atoms with van der Waals surface area (Å²) in [5.41, 5.74) is 1.95. The van der Waals surface area contributed by atoms with Gasteiger partial charge in [-0.05, 0) is 43.9 Å². The van der Waals surface area contributed by atoms with Crippen molar-refractivity contribution in [2.24, 2.45) is 0 Å². The number of hydrogen-bond donors (Lipinski definition) is 2. The summed E-state index contributed by atoms with van der Waals surface area (Å²) >= 11 is 0. The number of nitrogens with one attached hydrogen (secondary N) is 1. The van der Waals surface area contributed by atoms with E-state index in [1.165, 1.54) is 5.56 Å². The van der Waals surface area contributed by atoms with Gasteiger partial charge in [-0.1, -0.05) is 12.5 Å². The Balaban J connectivity index is 1.99. The van der Waals surface area contributed by atoms with E-state index >= 15 is 0 Å². The number of anilines is 1. The highest BCUT2D eigenvalue weighted by Crippen LogP contribution is 2.30. The van der Waals surface area contributed by atoms with Crippen molar-refractivity contribution in [1.82, 2.24) is 0 Å². The lowest BCUT2D eigenvalue weighted by molar-refractivity contribution is -0.122. The fourth-order valence-electron chi connectivity index (χ4n) is 2.03. The number of aliphatic hydroxyl groups excluding tert-OH is 1. The first-order valence-corrected chi connectivity index (χ1v) is 6.42. The molecule has 98 valence electrons. The molecule has 0 radical (unpaired) electrons. The van der Waals surface area contributed by atoms with Crippen LogP contribution in [0.25, 0.3) is 0 Å². The quantitative estimate of drug-likeness (QED) is 0.786. The van der Waals surface area contributed by atoms with E-state index in [1.54, 1.807) is 6.92 Å². The van der Waals surface area contributed by atoms with Gasteiger partial charge in [0.15, 0.2) is 6.10 Å². The Bertz CT molecular complexity index is 431. The van der Waals surface area contributed by atoms with Gasteiger partial charge in [-0.25, -0.2) is 0 Å². The van der Waals surface area contributed by atoms with Crippen molar-refractivity contribution in [2.75, 3.05) is 11.9 Å². The van der Waals surface area contributed by atoms with Crippen LogP contribution < -0.4 is 10.1 Å². The second kappa shape index (κ2) is 5.87. The summed E-state index contributed by atoms with van der Waals surface area (Å²) < 4.78 is 5.50. The van der Waals surface area contributed by atoms with Crippen molar-refractivity contribution < 1.29 is 14.6 Å². The van der Waals surface area contributed by atoms with Gasteiger partial charge in [0, 0.05) is 6.61 Å². The third-order valence-corrected chi connectivity index (χ3v) is 3.10. The van der Waals surface area contributed by atoms with Gasteiger partial charge in [0.05, 0.1) is 5.69 Å². The molecule has 0 aromatic heterocycles. The van der Waals surface area contributed by atoms with Gasteiger partial charge in [0.25, 0.3) is 5.91 Å². The Hall–Kier alpha value is -1.55. The topological polar surface area (TPSA) is 58.6 Å². The molecule has 0 aliphatic carbocycles. The first-order chi connectivity index (χ1) is 8.70. The van der Waals surface area contributed by atoms with Gasteiger partial charge >= 0.3 is 0 Å². The van der Waals surface area contributed by atoms with Crippen LogP contribution in [0.3, 0.4) is 0 Å². The Labute approximate surface area is 107 Å². The number of unbranched alkanes of at least 4 members (excludes halogenated alkanes) is 2. The summed E-state index contributed by atoms with van der Waals surface area (Å²) in [6.45, 7) is 1.99. The van der Waals surface area contributed by atoms with Gasteiger partial charge in [0.2, 0.25) is 0 Å². The maximum absolute atomic E-state index is 11.5. The molecule has 1 aromatic carbocycles. The molecule has 0 bridgehead atoms. The van der Waals surface area contributed by atoms with E-state index < -0.39 is 6.10 Å². The summed E-state index contributed by atoms with van der Waals surface area (Å²) in [5, 5.41) is 11.6. The first kappa shape index (κ1) is 12.9. The Morgan fingerprint density at radius 3 is 2.94 bits per heavy atom. The Morgan fingerprint density at radius 2 is 2.17 bits per heavy atom. The maximum Gasteiger partial charge on any atom is 0.265 e. The van der Waals surface area contributed by atoms with Crippen LogP contribution in [0.15, 0.2) is 18.2 Å². The smallest absolute Gasteiger partial charge is 0.265 e. The number of rotatable bonds is 5. The van der Waals surface area contributed by atoms with Crippen LogP contribution in [-0.2, 0) is 11.2 Å². The molecule has 0 spiro atoms. The third-order valence-electron chi connectivity index (χ3n) is 3.10. The van der Waals surface area contributed by atoms with Crippen LogP contribution in [0.1, 0.15) is 31.7 Å². The minimum absolute atomic E-state index is 0.0973. The minimum Gasteiger partial charge on any atom is -0.479 e. The molecule has 1 aliphatic heterocycles. The van der Waals surface area contributed by atoms with Gasteiger partial charge < -0.3 is 15.2 Å². The number of fused-ring (bicyclic) bond motifs is 1. The van der Waals surface area contributed by atoms with Crippen LogP contribution in [0.2, 0.25) is 0 Å². The van der Waals surface area contributed by atoms with Crippen molar-refractivity contribution in [3.63, 3.8) is 0 Å². The summed E-state index contributed by atoms with van der Waals surface area (Å²) in [6, 6.07) is 5.91. The van der Waals surface area contributed by atoms with Crippen LogP contribution in [0.5, 0.6) is 5.75 Å². The van der Waals surface area contributed by atoms with E-state index in [-0.39, 0.29) is 12.5 Å². The highest BCUT2D eigenvalue weighted by molar-refractivity contribution is 5.97. The second-order valence-corrected chi connectivity index (χ2v) is 4.61. The average molecular weight is 249 g/mol. The van der Waals surface area contributed by atoms with E-state index in [4.69, 9.17) is 9.84 Å². The fourth-order valence-corrected chi connectivity index (χ4v) is 2.03. The van der Waals surface area contributed by atoms with Crippen LogP contribution in [0, 0.1) is 0 Å². The van der Waals surface area contributed by atoms with Gasteiger partial charge in [-0.2, -0.15) is 0 Å². The molecule has 4 heteroatoms. The zero-order valence-corrected chi connectivity index (χ0v) is 10.6. The van der Waals surface area contributed by atoms with E-state index in [0.717, 1.165) is 37.1 Å².